The van der Waals surface area contributed by atoms with E-state index in [4.69, 9.17) is 9.84 Å². The first-order chi connectivity index (χ1) is 9.51. The molecule has 6 heteroatoms. The van der Waals surface area contributed by atoms with E-state index in [1.165, 1.54) is 0 Å². The molecule has 0 bridgehead atoms. The minimum atomic E-state index is -0.865. The van der Waals surface area contributed by atoms with E-state index < -0.39 is 11.5 Å². The number of carboxylic acids is 1. The molecule has 1 fully saturated rings. The summed E-state index contributed by atoms with van der Waals surface area (Å²) in [4.78, 5) is 23.1. The van der Waals surface area contributed by atoms with E-state index >= 15 is 0 Å². The lowest BCUT2D eigenvalue weighted by atomic mass is 9.79. The highest BCUT2D eigenvalue weighted by Gasteiger charge is 2.36. The van der Waals surface area contributed by atoms with Crippen molar-refractivity contribution in [2.24, 2.45) is 0 Å². The maximum absolute atomic E-state index is 12.1. The molecular formula is C14H26N2O4. The third-order valence-electron chi connectivity index (χ3n) is 3.87. The first-order valence-corrected chi connectivity index (χ1v) is 7.31. The summed E-state index contributed by atoms with van der Waals surface area (Å²) in [5.41, 5.74) is -0.598. The number of rotatable bonds is 7. The van der Waals surface area contributed by atoms with Crippen molar-refractivity contribution in [2.75, 3.05) is 13.7 Å². The van der Waals surface area contributed by atoms with Crippen molar-refractivity contribution in [1.82, 2.24) is 10.6 Å². The van der Waals surface area contributed by atoms with Crippen molar-refractivity contribution >= 4 is 12.0 Å². The normalized spacial score (nSPS) is 19.1. The summed E-state index contributed by atoms with van der Waals surface area (Å²) in [7, 11) is 1.59. The number of urea groups is 1. The molecule has 20 heavy (non-hydrogen) atoms. The van der Waals surface area contributed by atoms with Gasteiger partial charge >= 0.3 is 12.0 Å². The Morgan fingerprint density at radius 2 is 1.95 bits per heavy atom. The summed E-state index contributed by atoms with van der Waals surface area (Å²) in [6, 6.07) is -0.345. The van der Waals surface area contributed by atoms with Gasteiger partial charge < -0.3 is 20.5 Å². The number of ether oxygens (including phenoxy) is 1. The van der Waals surface area contributed by atoms with Crippen molar-refractivity contribution in [1.29, 1.82) is 0 Å². The van der Waals surface area contributed by atoms with Gasteiger partial charge in [-0.05, 0) is 19.3 Å². The van der Waals surface area contributed by atoms with E-state index in [-0.39, 0.29) is 18.5 Å². The zero-order valence-corrected chi connectivity index (χ0v) is 12.4. The summed E-state index contributed by atoms with van der Waals surface area (Å²) < 4.78 is 5.04. The quantitative estimate of drug-likeness (QED) is 0.667. The van der Waals surface area contributed by atoms with E-state index in [2.05, 4.69) is 10.6 Å². The fourth-order valence-electron chi connectivity index (χ4n) is 2.79. The summed E-state index contributed by atoms with van der Waals surface area (Å²) in [5.74, 6) is -0.865. The van der Waals surface area contributed by atoms with E-state index in [9.17, 15) is 9.59 Å². The number of carboxylic acid groups (broad SMARTS) is 1. The topological polar surface area (TPSA) is 87.7 Å². The van der Waals surface area contributed by atoms with Crippen molar-refractivity contribution in [3.63, 3.8) is 0 Å². The Morgan fingerprint density at radius 3 is 2.45 bits per heavy atom. The molecular weight excluding hydrogens is 260 g/mol. The molecule has 0 radical (unpaired) electrons. The van der Waals surface area contributed by atoms with E-state index in [1.54, 1.807) is 7.11 Å². The second-order valence-corrected chi connectivity index (χ2v) is 5.57. The maximum Gasteiger partial charge on any atom is 0.315 e. The van der Waals surface area contributed by atoms with Gasteiger partial charge in [-0.3, -0.25) is 4.79 Å². The Kier molecular flexibility index (Phi) is 6.78. The van der Waals surface area contributed by atoms with Crippen LogP contribution in [-0.4, -0.2) is 42.4 Å². The highest BCUT2D eigenvalue weighted by Crippen LogP contribution is 2.31. The number of carbonyl (C=O) groups excluding carboxylic acids is 1. The number of hydrogen-bond donors (Lipinski definition) is 3. The number of hydrogen-bond acceptors (Lipinski definition) is 3. The Hall–Kier alpha value is -1.30. The summed E-state index contributed by atoms with van der Waals surface area (Å²) in [6.07, 6.45) is 5.24. The molecule has 1 rings (SSSR count). The molecule has 3 N–H and O–H groups in total. The van der Waals surface area contributed by atoms with Crippen LogP contribution in [0.1, 0.15) is 51.9 Å². The maximum atomic E-state index is 12.1. The lowest BCUT2D eigenvalue weighted by molar-refractivity contribution is -0.139. The minimum Gasteiger partial charge on any atom is -0.481 e. The van der Waals surface area contributed by atoms with Gasteiger partial charge in [0.15, 0.2) is 0 Å². The second-order valence-electron chi connectivity index (χ2n) is 5.57. The average Bonchev–Trinajstić information content (AvgIpc) is 2.37. The molecule has 0 aromatic heterocycles. The van der Waals surface area contributed by atoms with Crippen LogP contribution < -0.4 is 10.6 Å². The summed E-state index contributed by atoms with van der Waals surface area (Å²) >= 11 is 0. The smallest absolute Gasteiger partial charge is 0.315 e. The van der Waals surface area contributed by atoms with Gasteiger partial charge in [0.25, 0.3) is 0 Å². The Balaban J connectivity index is 2.59. The molecule has 0 spiro atoms. The monoisotopic (exact) mass is 286 g/mol. The SMILES string of the molecule is CCC(COC)NC(=O)NC1(CC(=O)O)CCCCC1. The third-order valence-corrected chi connectivity index (χ3v) is 3.87. The van der Waals surface area contributed by atoms with Crippen molar-refractivity contribution in [3.05, 3.63) is 0 Å². The molecule has 1 unspecified atom stereocenters. The second kappa shape index (κ2) is 8.09. The van der Waals surface area contributed by atoms with Crippen LogP contribution in [0.2, 0.25) is 0 Å². The molecule has 0 aliphatic heterocycles. The Bertz CT molecular complexity index is 327. The average molecular weight is 286 g/mol. The molecule has 1 aliphatic rings. The van der Waals surface area contributed by atoms with Crippen LogP contribution in [0.5, 0.6) is 0 Å². The minimum absolute atomic E-state index is 0.0124. The number of amides is 2. The number of methoxy groups -OCH3 is 1. The molecule has 1 atom stereocenters. The van der Waals surface area contributed by atoms with Gasteiger partial charge in [0.2, 0.25) is 0 Å². The number of carbonyl (C=O) groups is 2. The summed E-state index contributed by atoms with van der Waals surface area (Å²) in [6.45, 7) is 2.42. The predicted octanol–water partition coefficient (Wildman–Crippen LogP) is 1.89. The van der Waals surface area contributed by atoms with Crippen LogP contribution in [0.15, 0.2) is 0 Å². The number of aliphatic carboxylic acids is 1. The molecule has 0 heterocycles. The van der Waals surface area contributed by atoms with Crippen LogP contribution in [0.4, 0.5) is 4.79 Å². The van der Waals surface area contributed by atoms with E-state index in [0.29, 0.717) is 6.61 Å². The molecule has 1 saturated carbocycles. The molecule has 2 amide bonds. The fraction of sp³-hybridized carbons (Fsp3) is 0.857. The van der Waals surface area contributed by atoms with Gasteiger partial charge in [-0.1, -0.05) is 26.2 Å². The summed E-state index contributed by atoms with van der Waals surface area (Å²) in [5, 5.41) is 14.8. The van der Waals surface area contributed by atoms with E-state index in [1.807, 2.05) is 6.92 Å². The highest BCUT2D eigenvalue weighted by atomic mass is 16.5. The van der Waals surface area contributed by atoms with Gasteiger partial charge in [-0.2, -0.15) is 0 Å². The zero-order valence-electron chi connectivity index (χ0n) is 12.4. The van der Waals surface area contributed by atoms with Crippen LogP contribution in [0, 0.1) is 0 Å². The molecule has 0 aromatic rings. The largest absolute Gasteiger partial charge is 0.481 e. The molecule has 6 nitrogen and oxygen atoms in total. The van der Waals surface area contributed by atoms with Gasteiger partial charge in [0, 0.05) is 7.11 Å². The van der Waals surface area contributed by atoms with E-state index in [0.717, 1.165) is 38.5 Å². The fourth-order valence-corrected chi connectivity index (χ4v) is 2.79. The van der Waals surface area contributed by atoms with Crippen molar-refractivity contribution in [3.8, 4) is 0 Å². The first kappa shape index (κ1) is 16.8. The molecule has 1 aliphatic carbocycles. The van der Waals surface area contributed by atoms with Crippen LogP contribution in [0.25, 0.3) is 0 Å². The Labute approximate surface area is 120 Å². The molecule has 0 saturated heterocycles. The highest BCUT2D eigenvalue weighted by molar-refractivity contribution is 5.77. The standard InChI is InChI=1S/C14H26N2O4/c1-3-11(10-20-2)15-13(19)16-14(9-12(17)18)7-5-4-6-8-14/h11H,3-10H2,1-2H3,(H,17,18)(H2,15,16,19). The molecule has 0 aromatic carbocycles. The van der Waals surface area contributed by atoms with Crippen molar-refractivity contribution < 1.29 is 19.4 Å². The van der Waals surface area contributed by atoms with Crippen LogP contribution in [0.3, 0.4) is 0 Å². The first-order valence-electron chi connectivity index (χ1n) is 7.31. The van der Waals surface area contributed by atoms with Gasteiger partial charge in [0.1, 0.15) is 0 Å². The van der Waals surface area contributed by atoms with Gasteiger partial charge in [-0.15, -0.1) is 0 Å². The van der Waals surface area contributed by atoms with Crippen LogP contribution in [-0.2, 0) is 9.53 Å². The van der Waals surface area contributed by atoms with Crippen LogP contribution >= 0.6 is 0 Å². The Morgan fingerprint density at radius 1 is 1.30 bits per heavy atom. The lowest BCUT2D eigenvalue weighted by Crippen LogP contribution is -2.56. The van der Waals surface area contributed by atoms with Gasteiger partial charge in [-0.25, -0.2) is 4.79 Å². The predicted molar refractivity (Wildman–Crippen MR) is 75.7 cm³/mol. The zero-order chi connectivity index (χ0) is 15.0. The molecule has 116 valence electrons. The van der Waals surface area contributed by atoms with Crippen molar-refractivity contribution in [2.45, 2.75) is 63.5 Å². The number of nitrogens with one attached hydrogen (secondary N) is 2. The lowest BCUT2D eigenvalue weighted by Gasteiger charge is -2.37. The van der Waals surface area contributed by atoms with Gasteiger partial charge in [0.05, 0.1) is 24.6 Å². The third kappa shape index (κ3) is 5.36.